The summed E-state index contributed by atoms with van der Waals surface area (Å²) in [5.41, 5.74) is 0.509. The van der Waals surface area contributed by atoms with Gasteiger partial charge in [-0.05, 0) is 33.3 Å². The Balaban J connectivity index is 1.95. The lowest BCUT2D eigenvalue weighted by Gasteiger charge is -2.40. The number of non-ortho nitro benzene ring substituents is 1. The van der Waals surface area contributed by atoms with Gasteiger partial charge in [0.05, 0.1) is 4.92 Å². The van der Waals surface area contributed by atoms with Gasteiger partial charge in [0.2, 0.25) is 0 Å². The lowest BCUT2D eigenvalue weighted by molar-refractivity contribution is -0.384. The van der Waals surface area contributed by atoms with Crippen molar-refractivity contribution in [2.24, 2.45) is 0 Å². The van der Waals surface area contributed by atoms with Crippen LogP contribution < -0.4 is 0 Å². The van der Waals surface area contributed by atoms with Crippen LogP contribution in [0.2, 0.25) is 0 Å². The minimum Gasteiger partial charge on any atom is -0.444 e. The molecule has 0 aromatic heterocycles. The smallest absolute Gasteiger partial charge is 0.410 e. The summed E-state index contributed by atoms with van der Waals surface area (Å²) in [7, 11) is 0. The first-order valence-electron chi connectivity index (χ1n) is 8.11. The van der Waals surface area contributed by atoms with E-state index in [9.17, 15) is 14.9 Å². The average Bonchev–Trinajstić information content (AvgIpc) is 2.48. The van der Waals surface area contributed by atoms with Crippen molar-refractivity contribution in [2.45, 2.75) is 45.9 Å². The zero-order valence-corrected chi connectivity index (χ0v) is 14.7. The molecule has 2 rings (SSSR count). The van der Waals surface area contributed by atoms with Crippen LogP contribution in [0.25, 0.3) is 0 Å². The summed E-state index contributed by atoms with van der Waals surface area (Å²) in [5.74, 6) is 0. The van der Waals surface area contributed by atoms with Crippen LogP contribution in [-0.4, -0.2) is 52.1 Å². The van der Waals surface area contributed by atoms with Crippen molar-refractivity contribution in [1.29, 1.82) is 0 Å². The molecule has 1 aliphatic rings. The second-order valence-corrected chi connectivity index (χ2v) is 7.17. The van der Waals surface area contributed by atoms with Crippen LogP contribution in [-0.2, 0) is 11.3 Å². The maximum atomic E-state index is 12.2. The highest BCUT2D eigenvalue weighted by molar-refractivity contribution is 5.68. The standard InChI is InChI=1S/C17H25N3O4/c1-13-11-19(16(21)24-17(2,3)4)9-8-18(13)12-14-6-5-7-15(10-14)20(22)23/h5-7,10,13H,8-9,11-12H2,1-4H3. The highest BCUT2D eigenvalue weighted by Crippen LogP contribution is 2.19. The highest BCUT2D eigenvalue weighted by atomic mass is 16.6. The molecule has 1 amide bonds. The van der Waals surface area contributed by atoms with Crippen molar-refractivity contribution in [3.05, 3.63) is 39.9 Å². The number of piperazine rings is 1. The number of hydrogen-bond acceptors (Lipinski definition) is 5. The fraction of sp³-hybridized carbons (Fsp3) is 0.588. The van der Waals surface area contributed by atoms with E-state index in [1.54, 1.807) is 17.0 Å². The van der Waals surface area contributed by atoms with E-state index < -0.39 is 5.60 Å². The van der Waals surface area contributed by atoms with Gasteiger partial charge in [-0.25, -0.2) is 4.79 Å². The van der Waals surface area contributed by atoms with E-state index >= 15 is 0 Å². The molecule has 132 valence electrons. The first kappa shape index (κ1) is 18.2. The van der Waals surface area contributed by atoms with Crippen molar-refractivity contribution in [1.82, 2.24) is 9.80 Å². The lowest BCUT2D eigenvalue weighted by Crippen LogP contribution is -2.54. The molecular weight excluding hydrogens is 310 g/mol. The number of carbonyl (C=O) groups excluding carboxylic acids is 1. The van der Waals surface area contributed by atoms with Crippen LogP contribution in [0.3, 0.4) is 0 Å². The topological polar surface area (TPSA) is 75.9 Å². The van der Waals surface area contributed by atoms with E-state index in [4.69, 9.17) is 4.74 Å². The molecule has 0 aliphatic carbocycles. The van der Waals surface area contributed by atoms with Crippen molar-refractivity contribution < 1.29 is 14.5 Å². The van der Waals surface area contributed by atoms with Crippen molar-refractivity contribution in [3.8, 4) is 0 Å². The van der Waals surface area contributed by atoms with Gasteiger partial charge in [-0.15, -0.1) is 0 Å². The van der Waals surface area contributed by atoms with Crippen molar-refractivity contribution >= 4 is 11.8 Å². The van der Waals surface area contributed by atoms with E-state index in [0.29, 0.717) is 26.2 Å². The van der Waals surface area contributed by atoms with E-state index in [1.165, 1.54) is 6.07 Å². The van der Waals surface area contributed by atoms with Gasteiger partial charge in [-0.1, -0.05) is 12.1 Å². The molecule has 1 fully saturated rings. The van der Waals surface area contributed by atoms with Gasteiger partial charge < -0.3 is 9.64 Å². The molecule has 0 N–H and O–H groups in total. The van der Waals surface area contributed by atoms with E-state index in [-0.39, 0.29) is 22.7 Å². The second kappa shape index (κ2) is 7.17. The number of nitrogens with zero attached hydrogens (tertiary/aromatic N) is 3. The predicted molar refractivity (Wildman–Crippen MR) is 90.8 cm³/mol. The van der Waals surface area contributed by atoms with Crippen LogP contribution in [0.15, 0.2) is 24.3 Å². The number of amides is 1. The number of benzene rings is 1. The molecule has 1 aromatic rings. The summed E-state index contributed by atoms with van der Waals surface area (Å²) < 4.78 is 5.41. The molecule has 1 saturated heterocycles. The number of rotatable bonds is 3. The Bertz CT molecular complexity index is 612. The van der Waals surface area contributed by atoms with Crippen LogP contribution >= 0.6 is 0 Å². The maximum Gasteiger partial charge on any atom is 0.410 e. The minimum absolute atomic E-state index is 0.104. The number of nitro benzene ring substituents is 1. The van der Waals surface area contributed by atoms with Gasteiger partial charge >= 0.3 is 6.09 Å². The fourth-order valence-electron chi connectivity index (χ4n) is 2.73. The molecule has 1 aromatic carbocycles. The molecule has 7 nitrogen and oxygen atoms in total. The van der Waals surface area contributed by atoms with Gasteiger partial charge in [-0.2, -0.15) is 0 Å². The Morgan fingerprint density at radius 2 is 2.08 bits per heavy atom. The third kappa shape index (κ3) is 4.92. The molecule has 0 saturated carbocycles. The minimum atomic E-state index is -0.500. The van der Waals surface area contributed by atoms with Gasteiger partial charge in [0.25, 0.3) is 5.69 Å². The Hall–Kier alpha value is -2.15. The SMILES string of the molecule is CC1CN(C(=O)OC(C)(C)C)CCN1Cc1cccc([N+](=O)[O-])c1. The maximum absolute atomic E-state index is 12.2. The van der Waals surface area contributed by atoms with E-state index in [1.807, 2.05) is 33.8 Å². The first-order chi connectivity index (χ1) is 11.2. The summed E-state index contributed by atoms with van der Waals surface area (Å²) in [6, 6.07) is 6.85. The normalized spacial score (nSPS) is 19.2. The fourth-order valence-corrected chi connectivity index (χ4v) is 2.73. The third-order valence-electron chi connectivity index (χ3n) is 3.92. The molecular formula is C17H25N3O4. The van der Waals surface area contributed by atoms with Crippen molar-refractivity contribution in [3.63, 3.8) is 0 Å². The summed E-state index contributed by atoms with van der Waals surface area (Å²) >= 11 is 0. The van der Waals surface area contributed by atoms with Gasteiger partial charge in [0.1, 0.15) is 5.60 Å². The lowest BCUT2D eigenvalue weighted by atomic mass is 10.1. The summed E-state index contributed by atoms with van der Waals surface area (Å²) in [6.07, 6.45) is -0.288. The zero-order valence-electron chi connectivity index (χ0n) is 14.7. The average molecular weight is 335 g/mol. The molecule has 24 heavy (non-hydrogen) atoms. The van der Waals surface area contributed by atoms with Crippen LogP contribution in [0.4, 0.5) is 10.5 Å². The number of nitro groups is 1. The molecule has 1 heterocycles. The first-order valence-corrected chi connectivity index (χ1v) is 8.11. The summed E-state index contributed by atoms with van der Waals surface area (Å²) in [5, 5.41) is 10.9. The molecule has 0 bridgehead atoms. The molecule has 1 atom stereocenters. The van der Waals surface area contributed by atoms with Gasteiger partial charge in [0, 0.05) is 44.4 Å². The van der Waals surface area contributed by atoms with Gasteiger partial charge in [-0.3, -0.25) is 15.0 Å². The second-order valence-electron chi connectivity index (χ2n) is 7.17. The Morgan fingerprint density at radius 1 is 1.38 bits per heavy atom. The Labute approximate surface area is 142 Å². The van der Waals surface area contributed by atoms with E-state index in [0.717, 1.165) is 5.56 Å². The highest BCUT2D eigenvalue weighted by Gasteiger charge is 2.29. The molecule has 1 aliphatic heterocycles. The number of ether oxygens (including phenoxy) is 1. The van der Waals surface area contributed by atoms with E-state index in [2.05, 4.69) is 4.90 Å². The van der Waals surface area contributed by atoms with Gasteiger partial charge in [0.15, 0.2) is 0 Å². The molecule has 1 unspecified atom stereocenters. The Morgan fingerprint density at radius 3 is 2.67 bits per heavy atom. The summed E-state index contributed by atoms with van der Waals surface area (Å²) in [6.45, 7) is 10.1. The zero-order chi connectivity index (χ0) is 17.9. The molecule has 0 spiro atoms. The molecule has 0 radical (unpaired) electrons. The number of carbonyl (C=O) groups is 1. The van der Waals surface area contributed by atoms with Crippen LogP contribution in [0.5, 0.6) is 0 Å². The largest absolute Gasteiger partial charge is 0.444 e. The van der Waals surface area contributed by atoms with Crippen molar-refractivity contribution in [2.75, 3.05) is 19.6 Å². The third-order valence-corrected chi connectivity index (χ3v) is 3.92. The van der Waals surface area contributed by atoms with Crippen LogP contribution in [0, 0.1) is 10.1 Å². The predicted octanol–water partition coefficient (Wildman–Crippen LogP) is 3.04. The number of hydrogen-bond donors (Lipinski definition) is 0. The summed E-state index contributed by atoms with van der Waals surface area (Å²) in [4.78, 5) is 26.6. The quantitative estimate of drug-likeness (QED) is 0.627. The van der Waals surface area contributed by atoms with Crippen LogP contribution in [0.1, 0.15) is 33.3 Å². The Kier molecular flexibility index (Phi) is 5.43. The monoisotopic (exact) mass is 335 g/mol. The molecule has 7 heteroatoms.